The molecular formula is C44H39N5O6. The Morgan fingerprint density at radius 3 is 1.93 bits per heavy atom. The van der Waals surface area contributed by atoms with Gasteiger partial charge in [-0.05, 0) is 52.9 Å². The van der Waals surface area contributed by atoms with Crippen molar-refractivity contribution in [3.05, 3.63) is 190 Å². The number of hydrogen-bond acceptors (Lipinski definition) is 7. The number of phenolic OH excluding ortho intramolecular Hbond substituents is 3. The van der Waals surface area contributed by atoms with Crippen LogP contribution in [-0.2, 0) is 23.1 Å². The van der Waals surface area contributed by atoms with Gasteiger partial charge in [0.05, 0.1) is 17.3 Å². The summed E-state index contributed by atoms with van der Waals surface area (Å²) in [5.74, 6) is -1.96. The second-order valence-electron chi connectivity index (χ2n) is 13.4. The normalized spacial score (nSPS) is 12.5. The Morgan fingerprint density at radius 1 is 0.745 bits per heavy atom. The molecule has 2 amide bonds. The first-order valence-electron chi connectivity index (χ1n) is 17.7. The lowest BCUT2D eigenvalue weighted by atomic mass is 9.55. The van der Waals surface area contributed by atoms with Crippen molar-refractivity contribution in [2.45, 2.75) is 23.8 Å². The van der Waals surface area contributed by atoms with Crippen LogP contribution in [0.5, 0.6) is 17.2 Å². The SMILES string of the molecule is CN(C(=O)c1cc(=O)c2cccc(O)c2[nH]1)[C@@](Cc1cnc[nH]1)(C(=O)NCCc1ccc(O)c(O)c1)C(c1ccccc1)(c1ccccc1)c1ccccc1. The highest BCUT2D eigenvalue weighted by Crippen LogP contribution is 2.52. The summed E-state index contributed by atoms with van der Waals surface area (Å²) >= 11 is 0. The second kappa shape index (κ2) is 15.1. The molecule has 11 heteroatoms. The number of carbonyl (C=O) groups excluding carboxylic acids is 2. The number of H-pyrrole nitrogens is 2. The van der Waals surface area contributed by atoms with E-state index >= 15 is 9.59 Å². The maximum atomic E-state index is 15.8. The van der Waals surface area contributed by atoms with Crippen LogP contribution in [-0.4, -0.2) is 66.1 Å². The van der Waals surface area contributed by atoms with E-state index < -0.39 is 28.2 Å². The van der Waals surface area contributed by atoms with Crippen LogP contribution >= 0.6 is 0 Å². The fourth-order valence-corrected chi connectivity index (χ4v) is 7.76. The Labute approximate surface area is 316 Å². The van der Waals surface area contributed by atoms with Crippen molar-refractivity contribution in [2.24, 2.45) is 0 Å². The van der Waals surface area contributed by atoms with Gasteiger partial charge in [-0.3, -0.25) is 14.4 Å². The highest BCUT2D eigenvalue weighted by molar-refractivity contribution is 6.02. The van der Waals surface area contributed by atoms with Gasteiger partial charge in [0.2, 0.25) is 5.91 Å². The molecule has 11 nitrogen and oxygen atoms in total. The quantitative estimate of drug-likeness (QED) is 0.0679. The van der Waals surface area contributed by atoms with Crippen LogP contribution in [0.25, 0.3) is 10.9 Å². The number of fused-ring (bicyclic) bond motifs is 1. The summed E-state index contributed by atoms with van der Waals surface area (Å²) in [5, 5.41) is 34.2. The van der Waals surface area contributed by atoms with E-state index in [-0.39, 0.29) is 53.2 Å². The summed E-state index contributed by atoms with van der Waals surface area (Å²) in [6.07, 6.45) is 3.32. The van der Waals surface area contributed by atoms with Gasteiger partial charge in [0.25, 0.3) is 5.91 Å². The molecule has 0 spiro atoms. The molecule has 0 fully saturated rings. The number of aromatic hydroxyl groups is 3. The molecular weight excluding hydrogens is 695 g/mol. The lowest BCUT2D eigenvalue weighted by molar-refractivity contribution is -0.134. The first-order chi connectivity index (χ1) is 26.7. The first kappa shape index (κ1) is 36.2. The zero-order chi connectivity index (χ0) is 38.6. The molecule has 2 aromatic heterocycles. The summed E-state index contributed by atoms with van der Waals surface area (Å²) in [5.41, 5.74) is -0.515. The number of hydrogen-bond donors (Lipinski definition) is 6. The molecule has 0 aliphatic carbocycles. The van der Waals surface area contributed by atoms with Gasteiger partial charge in [-0.2, -0.15) is 0 Å². The van der Waals surface area contributed by atoms with Crippen LogP contribution < -0.4 is 10.7 Å². The third-order valence-electron chi connectivity index (χ3n) is 10.3. The average molecular weight is 734 g/mol. The monoisotopic (exact) mass is 733 g/mol. The summed E-state index contributed by atoms with van der Waals surface area (Å²) < 4.78 is 0. The number of aromatic nitrogens is 3. The standard InChI is InChI=1S/C44H39N5O6/c1-49(41(54)35-25-38(52)34-18-11-19-37(51)40(34)48-35)43(26-33-27-45-28-47-33,42(55)46-23-22-29-20-21-36(50)39(53)24-29)44(30-12-5-2-6-13-30,31-14-7-3-8-15-31)32-16-9-4-10-17-32/h2-21,24-25,27-28,50-51,53H,22-23,26H2,1H3,(H,45,47)(H,46,55)(H,48,52)/t43-/m0/s1. The van der Waals surface area contributed by atoms with Crippen LogP contribution in [0.15, 0.2) is 151 Å². The molecule has 5 aromatic carbocycles. The maximum absolute atomic E-state index is 15.8. The van der Waals surface area contributed by atoms with E-state index in [4.69, 9.17) is 0 Å². The molecule has 276 valence electrons. The zero-order valence-electron chi connectivity index (χ0n) is 29.9. The number of rotatable bonds is 12. The van der Waals surface area contributed by atoms with E-state index in [0.717, 1.165) is 0 Å². The number of phenols is 3. The summed E-state index contributed by atoms with van der Waals surface area (Å²) in [6, 6.07) is 38.8. The van der Waals surface area contributed by atoms with Crippen molar-refractivity contribution in [3.63, 3.8) is 0 Å². The van der Waals surface area contributed by atoms with Crippen LogP contribution in [0.4, 0.5) is 0 Å². The van der Waals surface area contributed by atoms with Crippen LogP contribution in [0, 0.1) is 0 Å². The van der Waals surface area contributed by atoms with Crippen molar-refractivity contribution < 1.29 is 24.9 Å². The highest BCUT2D eigenvalue weighted by Gasteiger charge is 2.63. The van der Waals surface area contributed by atoms with Gasteiger partial charge in [0, 0.05) is 43.4 Å². The van der Waals surface area contributed by atoms with Crippen molar-refractivity contribution in [2.75, 3.05) is 13.6 Å². The minimum absolute atomic E-state index is 0.0805. The Balaban J connectivity index is 1.53. The van der Waals surface area contributed by atoms with Gasteiger partial charge < -0.3 is 35.5 Å². The minimum Gasteiger partial charge on any atom is -0.506 e. The molecule has 0 aliphatic heterocycles. The number of nitrogens with zero attached hydrogens (tertiary/aromatic N) is 2. The highest BCUT2D eigenvalue weighted by atomic mass is 16.3. The van der Waals surface area contributed by atoms with Crippen LogP contribution in [0.3, 0.4) is 0 Å². The Kier molecular flexibility index (Phi) is 9.93. The number of benzene rings is 5. The van der Waals surface area contributed by atoms with E-state index in [1.165, 1.54) is 35.5 Å². The molecule has 0 unspecified atom stereocenters. The van der Waals surface area contributed by atoms with E-state index in [2.05, 4.69) is 20.3 Å². The molecule has 2 heterocycles. The van der Waals surface area contributed by atoms with Gasteiger partial charge in [0.1, 0.15) is 17.0 Å². The number of carbonyl (C=O) groups is 2. The summed E-state index contributed by atoms with van der Waals surface area (Å²) in [7, 11) is 1.55. The van der Waals surface area contributed by atoms with Gasteiger partial charge >= 0.3 is 0 Å². The second-order valence-corrected chi connectivity index (χ2v) is 13.4. The number of imidazole rings is 1. The van der Waals surface area contributed by atoms with Crippen molar-refractivity contribution in [1.29, 1.82) is 0 Å². The average Bonchev–Trinajstić information content (AvgIpc) is 3.73. The lowest BCUT2D eigenvalue weighted by Gasteiger charge is -2.54. The van der Waals surface area contributed by atoms with E-state index in [0.29, 0.717) is 27.9 Å². The Hall–Kier alpha value is -7.14. The Morgan fingerprint density at radius 2 is 1.36 bits per heavy atom. The molecule has 0 radical (unpaired) electrons. The predicted molar refractivity (Wildman–Crippen MR) is 209 cm³/mol. The smallest absolute Gasteiger partial charge is 0.271 e. The third kappa shape index (κ3) is 6.46. The summed E-state index contributed by atoms with van der Waals surface area (Å²) in [4.78, 5) is 56.4. The molecule has 7 rings (SSSR count). The maximum Gasteiger partial charge on any atom is 0.271 e. The predicted octanol–water partition coefficient (Wildman–Crippen LogP) is 5.82. The molecule has 0 aliphatic rings. The molecule has 0 bridgehead atoms. The fourth-order valence-electron chi connectivity index (χ4n) is 7.76. The molecule has 6 N–H and O–H groups in total. The molecule has 0 saturated carbocycles. The van der Waals surface area contributed by atoms with E-state index in [1.807, 2.05) is 91.0 Å². The van der Waals surface area contributed by atoms with Crippen LogP contribution in [0.1, 0.15) is 38.4 Å². The van der Waals surface area contributed by atoms with Gasteiger partial charge in [0.15, 0.2) is 16.9 Å². The molecule has 55 heavy (non-hydrogen) atoms. The molecule has 1 atom stereocenters. The van der Waals surface area contributed by atoms with Crippen molar-refractivity contribution in [3.8, 4) is 17.2 Å². The van der Waals surface area contributed by atoms with Crippen molar-refractivity contribution >= 4 is 22.7 Å². The molecule has 0 saturated heterocycles. The number of pyridine rings is 1. The number of amides is 2. The number of para-hydroxylation sites is 1. The van der Waals surface area contributed by atoms with E-state index in [1.54, 1.807) is 31.4 Å². The number of aromatic amines is 2. The topological polar surface area (TPSA) is 172 Å². The number of likely N-dealkylation sites (N-methyl/N-ethyl adjacent to an activating group) is 1. The minimum atomic E-state index is -1.87. The molecule has 7 aromatic rings. The van der Waals surface area contributed by atoms with Crippen LogP contribution in [0.2, 0.25) is 0 Å². The largest absolute Gasteiger partial charge is 0.506 e. The summed E-state index contributed by atoms with van der Waals surface area (Å²) in [6.45, 7) is 0.0882. The first-order valence-corrected chi connectivity index (χ1v) is 17.7. The lowest BCUT2D eigenvalue weighted by Crippen LogP contribution is -2.72. The fraction of sp³-hybridized carbons (Fsp3) is 0.136. The zero-order valence-corrected chi connectivity index (χ0v) is 29.9. The number of nitrogens with one attached hydrogen (secondary N) is 3. The third-order valence-corrected chi connectivity index (χ3v) is 10.3. The Bertz CT molecular complexity index is 2410. The van der Waals surface area contributed by atoms with Gasteiger partial charge in [-0.1, -0.05) is 103 Å². The van der Waals surface area contributed by atoms with E-state index in [9.17, 15) is 20.1 Å². The van der Waals surface area contributed by atoms with Gasteiger partial charge in [-0.15, -0.1) is 0 Å². The van der Waals surface area contributed by atoms with Gasteiger partial charge in [-0.25, -0.2) is 4.98 Å². The van der Waals surface area contributed by atoms with Crippen molar-refractivity contribution in [1.82, 2.24) is 25.2 Å².